The van der Waals surface area contributed by atoms with Gasteiger partial charge in [-0.2, -0.15) is 18.3 Å². The molecule has 1 aromatic carbocycles. The molecule has 10 nitrogen and oxygen atoms in total. The average Bonchev–Trinajstić information content (AvgIpc) is 3.85. The lowest BCUT2D eigenvalue weighted by Crippen LogP contribution is -2.50. The van der Waals surface area contributed by atoms with Crippen molar-refractivity contribution < 1.29 is 36.7 Å². The van der Waals surface area contributed by atoms with E-state index in [1.54, 1.807) is 5.32 Å². The molecule has 5 N–H and O–H groups in total. The Balaban J connectivity index is 1.60. The van der Waals surface area contributed by atoms with E-state index in [0.29, 0.717) is 0 Å². The summed E-state index contributed by atoms with van der Waals surface area (Å²) in [7, 11) is 0. The molecule has 2 atom stereocenters. The molecule has 2 aromatic rings. The Morgan fingerprint density at radius 3 is 2.19 bits per heavy atom. The Morgan fingerprint density at radius 1 is 1.05 bits per heavy atom. The van der Waals surface area contributed by atoms with Gasteiger partial charge in [0.1, 0.15) is 24.1 Å². The Hall–Kier alpha value is -3.97. The van der Waals surface area contributed by atoms with Gasteiger partial charge in [-0.25, -0.2) is 4.39 Å². The van der Waals surface area contributed by atoms with E-state index in [0.717, 1.165) is 37.8 Å². The molecule has 2 aliphatic rings. The average molecular weight is 595 g/mol. The second-order valence-electron chi connectivity index (χ2n) is 11.3. The molecule has 4 amide bonds. The molecule has 4 rings (SSSR count). The minimum Gasteiger partial charge on any atom is -0.366 e. The Bertz CT molecular complexity index is 1350. The molecule has 14 heteroatoms. The number of hydrogen-bond acceptors (Lipinski definition) is 5. The van der Waals surface area contributed by atoms with Gasteiger partial charge in [0, 0.05) is 17.8 Å². The molecular weight excluding hydrogens is 560 g/mol. The predicted octanol–water partition coefficient (Wildman–Crippen LogP) is 3.66. The molecule has 0 aliphatic heterocycles. The van der Waals surface area contributed by atoms with Gasteiger partial charge in [-0.1, -0.05) is 0 Å². The number of amides is 4. The summed E-state index contributed by atoms with van der Waals surface area (Å²) in [4.78, 5) is 51.5. The number of nitrogens with zero attached hydrogens (tertiary/aromatic N) is 2. The summed E-state index contributed by atoms with van der Waals surface area (Å²) in [5.74, 6) is -5.51. The molecule has 2 aliphatic carbocycles. The first-order valence-electron chi connectivity index (χ1n) is 13.8. The van der Waals surface area contributed by atoms with E-state index in [4.69, 9.17) is 5.73 Å². The molecule has 1 unspecified atom stereocenters. The lowest BCUT2D eigenvalue weighted by Gasteiger charge is -2.28. The van der Waals surface area contributed by atoms with Crippen LogP contribution in [0.3, 0.4) is 0 Å². The minimum absolute atomic E-state index is 0.117. The maximum absolute atomic E-state index is 15.3. The van der Waals surface area contributed by atoms with E-state index in [2.05, 4.69) is 15.7 Å². The van der Waals surface area contributed by atoms with Crippen molar-refractivity contribution >= 4 is 29.3 Å². The van der Waals surface area contributed by atoms with Crippen molar-refractivity contribution in [3.05, 3.63) is 47.0 Å². The van der Waals surface area contributed by atoms with Gasteiger partial charge in [0.05, 0.1) is 11.6 Å². The van der Waals surface area contributed by atoms with Gasteiger partial charge >= 0.3 is 6.18 Å². The normalized spacial score (nSPS) is 16.7. The molecule has 0 bridgehead atoms. The van der Waals surface area contributed by atoms with Crippen LogP contribution in [0.15, 0.2) is 24.4 Å². The third-order valence-corrected chi connectivity index (χ3v) is 7.66. The molecule has 1 heterocycles. The lowest BCUT2D eigenvalue weighted by atomic mass is 9.88. The number of nitrogens with two attached hydrogens (primary N) is 1. The van der Waals surface area contributed by atoms with Crippen LogP contribution >= 0.6 is 0 Å². The summed E-state index contributed by atoms with van der Waals surface area (Å²) in [6, 6.07) is 2.15. The highest BCUT2D eigenvalue weighted by molar-refractivity contribution is 6.03. The maximum atomic E-state index is 15.3. The number of nitrogens with one attached hydrogen (secondary N) is 3. The van der Waals surface area contributed by atoms with Crippen LogP contribution in [0.1, 0.15) is 84.8 Å². The van der Waals surface area contributed by atoms with Crippen LogP contribution < -0.4 is 21.7 Å². The highest BCUT2D eigenvalue weighted by atomic mass is 19.4. The molecule has 42 heavy (non-hydrogen) atoms. The number of carbonyl (C=O) groups excluding carboxylic acids is 4. The fraction of sp³-hybridized carbons (Fsp3) is 0.536. The van der Waals surface area contributed by atoms with Gasteiger partial charge in [0.15, 0.2) is 0 Å². The summed E-state index contributed by atoms with van der Waals surface area (Å²) in [6.07, 6.45) is 0.403. The smallest absolute Gasteiger partial charge is 0.366 e. The first kappa shape index (κ1) is 31.0. The molecule has 228 valence electrons. The number of aromatic nitrogens is 2. The monoisotopic (exact) mass is 594 g/mol. The van der Waals surface area contributed by atoms with E-state index in [-0.39, 0.29) is 40.6 Å². The second kappa shape index (κ2) is 12.1. The van der Waals surface area contributed by atoms with Gasteiger partial charge in [-0.15, -0.1) is 0 Å². The van der Waals surface area contributed by atoms with E-state index in [9.17, 15) is 32.3 Å². The summed E-state index contributed by atoms with van der Waals surface area (Å²) in [6.45, 7) is 3.31. The van der Waals surface area contributed by atoms with E-state index >= 15 is 4.39 Å². The van der Waals surface area contributed by atoms with Gasteiger partial charge in [-0.05, 0) is 88.0 Å². The Kier molecular flexibility index (Phi) is 8.92. The van der Waals surface area contributed by atoms with Crippen LogP contribution in [-0.4, -0.2) is 52.2 Å². The quantitative estimate of drug-likeness (QED) is 0.277. The topological polar surface area (TPSA) is 148 Å². The Labute approximate surface area is 239 Å². The number of primary amides is 1. The number of anilines is 1. The number of benzene rings is 1. The van der Waals surface area contributed by atoms with Gasteiger partial charge < -0.3 is 21.7 Å². The number of hydrogen-bond donors (Lipinski definition) is 4. The van der Waals surface area contributed by atoms with Gasteiger partial charge in [-0.3, -0.25) is 23.9 Å². The SMILES string of the molecule is CC(C(=O)NCC(F)(F)F)c1cc(F)c(NC(=O)[C@@H](NC(=O)c2ccnn2C(C)C)C(C2CC2)C2CC2)cc1C(N)=O. The third-order valence-electron chi connectivity index (χ3n) is 7.66. The van der Waals surface area contributed by atoms with Crippen molar-refractivity contribution in [1.82, 2.24) is 20.4 Å². The maximum Gasteiger partial charge on any atom is 0.405 e. The van der Waals surface area contributed by atoms with Crippen molar-refractivity contribution in [3.63, 3.8) is 0 Å². The van der Waals surface area contributed by atoms with Crippen LogP contribution in [0, 0.1) is 23.6 Å². The lowest BCUT2D eigenvalue weighted by molar-refractivity contribution is -0.139. The highest BCUT2D eigenvalue weighted by Crippen LogP contribution is 2.51. The van der Waals surface area contributed by atoms with E-state index < -0.39 is 59.8 Å². The van der Waals surface area contributed by atoms with Gasteiger partial charge in [0.2, 0.25) is 17.7 Å². The minimum atomic E-state index is -4.67. The van der Waals surface area contributed by atoms with Crippen molar-refractivity contribution in [2.45, 2.75) is 70.6 Å². The molecule has 0 saturated heterocycles. The zero-order valence-electron chi connectivity index (χ0n) is 23.4. The molecular formula is C28H34F4N6O4. The standard InChI is InChI=1S/C28H34F4N6O4/c1-13(2)38-21(8-9-35-38)26(41)37-23(22(15-4-5-15)16-6-7-16)27(42)36-20-11-18(24(33)39)17(10-19(20)29)14(3)25(40)34-12-28(30,31)32/h8-11,13-16,22-23H,4-7,12H2,1-3H3,(H2,33,39)(H,34,40)(H,36,42)(H,37,41)/t14?,23-/m0/s1. The van der Waals surface area contributed by atoms with Crippen LogP contribution in [0.2, 0.25) is 0 Å². The fourth-order valence-electron chi connectivity index (χ4n) is 5.30. The van der Waals surface area contributed by atoms with Crippen LogP contribution in [0.25, 0.3) is 0 Å². The van der Waals surface area contributed by atoms with Crippen LogP contribution in [0.4, 0.5) is 23.2 Å². The molecule has 2 fully saturated rings. The first-order chi connectivity index (χ1) is 19.7. The summed E-state index contributed by atoms with van der Waals surface area (Å²) < 4.78 is 54.5. The molecule has 1 aromatic heterocycles. The largest absolute Gasteiger partial charge is 0.405 e. The number of carbonyl (C=O) groups is 4. The van der Waals surface area contributed by atoms with Crippen molar-refractivity contribution in [2.24, 2.45) is 23.5 Å². The molecule has 2 saturated carbocycles. The number of alkyl halides is 3. The Morgan fingerprint density at radius 2 is 1.67 bits per heavy atom. The summed E-state index contributed by atoms with van der Waals surface area (Å²) >= 11 is 0. The third kappa shape index (κ3) is 7.26. The van der Waals surface area contributed by atoms with Crippen molar-refractivity contribution in [3.8, 4) is 0 Å². The second-order valence-corrected chi connectivity index (χ2v) is 11.3. The summed E-state index contributed by atoms with van der Waals surface area (Å²) in [5.41, 5.74) is 4.72. The van der Waals surface area contributed by atoms with Crippen molar-refractivity contribution in [2.75, 3.05) is 11.9 Å². The van der Waals surface area contributed by atoms with E-state index in [1.807, 2.05) is 13.8 Å². The first-order valence-corrected chi connectivity index (χ1v) is 13.8. The van der Waals surface area contributed by atoms with Crippen molar-refractivity contribution in [1.29, 1.82) is 0 Å². The highest BCUT2D eigenvalue weighted by Gasteiger charge is 2.48. The zero-order valence-corrected chi connectivity index (χ0v) is 23.4. The van der Waals surface area contributed by atoms with Gasteiger partial charge in [0.25, 0.3) is 5.91 Å². The fourth-order valence-corrected chi connectivity index (χ4v) is 5.30. The predicted molar refractivity (Wildman–Crippen MR) is 144 cm³/mol. The molecule has 0 radical (unpaired) electrons. The number of halogens is 4. The number of rotatable bonds is 12. The molecule has 0 spiro atoms. The summed E-state index contributed by atoms with van der Waals surface area (Å²) in [5, 5.41) is 11.2. The zero-order chi connectivity index (χ0) is 30.9. The van der Waals surface area contributed by atoms with Crippen LogP contribution in [0.5, 0.6) is 0 Å². The van der Waals surface area contributed by atoms with Crippen LogP contribution in [-0.2, 0) is 9.59 Å². The van der Waals surface area contributed by atoms with E-state index in [1.165, 1.54) is 23.9 Å².